The highest BCUT2D eigenvalue weighted by Crippen LogP contribution is 2.20. The molecule has 0 aliphatic heterocycles. The number of hydrogen-bond donors (Lipinski definition) is 1. The van der Waals surface area contributed by atoms with Gasteiger partial charge in [0.05, 0.1) is 6.20 Å². The Morgan fingerprint density at radius 3 is 2.62 bits per heavy atom. The lowest BCUT2D eigenvalue weighted by atomic mass is 9.99. The molecule has 0 unspecified atom stereocenters. The first-order valence-corrected chi connectivity index (χ1v) is 5.22. The van der Waals surface area contributed by atoms with Crippen molar-refractivity contribution in [1.29, 1.82) is 0 Å². The number of nitrogens with two attached hydrogens (primary N) is 1. The molecule has 0 aliphatic carbocycles. The largest absolute Gasteiger partial charge is 0.325 e. The number of rotatable bonds is 3. The van der Waals surface area contributed by atoms with E-state index in [2.05, 4.69) is 28.0 Å². The highest BCUT2D eigenvalue weighted by atomic mass is 79.9. The van der Waals surface area contributed by atoms with Gasteiger partial charge in [0.1, 0.15) is 4.60 Å². The third-order valence-electron chi connectivity index (χ3n) is 1.79. The van der Waals surface area contributed by atoms with Gasteiger partial charge in [-0.3, -0.25) is 4.68 Å². The first-order chi connectivity index (χ1) is 5.94. The molecule has 13 heavy (non-hydrogen) atoms. The van der Waals surface area contributed by atoms with Crippen LogP contribution in [0.2, 0.25) is 0 Å². The zero-order valence-corrected chi connectivity index (χ0v) is 9.93. The van der Waals surface area contributed by atoms with Crippen molar-refractivity contribution in [2.24, 2.45) is 5.73 Å². The monoisotopic (exact) mass is 245 g/mol. The van der Waals surface area contributed by atoms with Crippen molar-refractivity contribution in [1.82, 2.24) is 9.78 Å². The maximum atomic E-state index is 5.93. The Morgan fingerprint density at radius 2 is 2.23 bits per heavy atom. The number of aryl methyl sites for hydroxylation is 1. The van der Waals surface area contributed by atoms with Crippen LogP contribution in [-0.4, -0.2) is 15.3 Å². The molecule has 0 saturated heterocycles. The molecule has 0 spiro atoms. The van der Waals surface area contributed by atoms with Crippen LogP contribution in [0.1, 0.15) is 26.3 Å². The molecule has 2 N–H and O–H groups in total. The Morgan fingerprint density at radius 1 is 1.62 bits per heavy atom. The lowest BCUT2D eigenvalue weighted by molar-refractivity contribution is 0.514. The topological polar surface area (TPSA) is 43.8 Å². The summed E-state index contributed by atoms with van der Waals surface area (Å²) in [7, 11) is 0. The molecule has 0 aliphatic rings. The van der Waals surface area contributed by atoms with Crippen LogP contribution in [0.15, 0.2) is 10.8 Å². The van der Waals surface area contributed by atoms with Crippen LogP contribution in [0.25, 0.3) is 0 Å². The second-order valence-corrected chi connectivity index (χ2v) is 4.69. The quantitative estimate of drug-likeness (QED) is 0.885. The Balaban J connectivity index is 2.84. The lowest BCUT2D eigenvalue weighted by Gasteiger charge is -2.17. The van der Waals surface area contributed by atoms with E-state index in [1.807, 2.05) is 24.7 Å². The average Bonchev–Trinajstić information content (AvgIpc) is 2.30. The van der Waals surface area contributed by atoms with Crippen LogP contribution in [0.5, 0.6) is 0 Å². The van der Waals surface area contributed by atoms with Gasteiger partial charge in [-0.05, 0) is 43.1 Å². The van der Waals surface area contributed by atoms with Gasteiger partial charge in [-0.15, -0.1) is 0 Å². The molecular weight excluding hydrogens is 230 g/mol. The number of nitrogens with zero attached hydrogens (tertiary/aromatic N) is 2. The second kappa shape index (κ2) is 3.80. The number of aromatic nitrogens is 2. The minimum Gasteiger partial charge on any atom is -0.325 e. The number of hydrogen-bond acceptors (Lipinski definition) is 2. The summed E-state index contributed by atoms with van der Waals surface area (Å²) in [6, 6.07) is 0. The number of halogens is 1. The van der Waals surface area contributed by atoms with Crippen molar-refractivity contribution < 1.29 is 0 Å². The van der Waals surface area contributed by atoms with E-state index in [4.69, 9.17) is 5.73 Å². The van der Waals surface area contributed by atoms with Crippen LogP contribution in [-0.2, 0) is 13.0 Å². The summed E-state index contributed by atoms with van der Waals surface area (Å²) in [6.45, 7) is 6.98. The van der Waals surface area contributed by atoms with Crippen molar-refractivity contribution in [3.8, 4) is 0 Å². The van der Waals surface area contributed by atoms with Gasteiger partial charge in [-0.1, -0.05) is 0 Å². The summed E-state index contributed by atoms with van der Waals surface area (Å²) in [5.41, 5.74) is 6.93. The van der Waals surface area contributed by atoms with Crippen molar-refractivity contribution in [3.63, 3.8) is 0 Å². The molecule has 0 radical (unpaired) electrons. The van der Waals surface area contributed by atoms with Crippen molar-refractivity contribution >= 4 is 15.9 Å². The zero-order valence-electron chi connectivity index (χ0n) is 8.34. The molecule has 4 heteroatoms. The molecule has 0 fully saturated rings. The third kappa shape index (κ3) is 2.81. The van der Waals surface area contributed by atoms with E-state index in [9.17, 15) is 0 Å². The SMILES string of the molecule is CCn1ncc(CC(C)(C)N)c1Br. The fourth-order valence-corrected chi connectivity index (χ4v) is 1.82. The molecule has 0 saturated carbocycles. The van der Waals surface area contributed by atoms with Crippen LogP contribution in [0, 0.1) is 0 Å². The van der Waals surface area contributed by atoms with E-state index in [1.54, 1.807) is 0 Å². The summed E-state index contributed by atoms with van der Waals surface area (Å²) < 4.78 is 2.97. The van der Waals surface area contributed by atoms with Gasteiger partial charge in [0.25, 0.3) is 0 Å². The van der Waals surface area contributed by atoms with Crippen LogP contribution >= 0.6 is 15.9 Å². The van der Waals surface area contributed by atoms with Gasteiger partial charge >= 0.3 is 0 Å². The summed E-state index contributed by atoms with van der Waals surface area (Å²) in [4.78, 5) is 0. The molecule has 0 amide bonds. The molecule has 3 nitrogen and oxygen atoms in total. The molecule has 1 rings (SSSR count). The smallest absolute Gasteiger partial charge is 0.107 e. The van der Waals surface area contributed by atoms with E-state index in [0.717, 1.165) is 17.6 Å². The van der Waals surface area contributed by atoms with E-state index >= 15 is 0 Å². The Hall–Kier alpha value is -0.350. The van der Waals surface area contributed by atoms with Gasteiger partial charge in [-0.25, -0.2) is 0 Å². The van der Waals surface area contributed by atoms with E-state index in [0.29, 0.717) is 0 Å². The van der Waals surface area contributed by atoms with E-state index in [-0.39, 0.29) is 5.54 Å². The van der Waals surface area contributed by atoms with Crippen molar-refractivity contribution in [3.05, 3.63) is 16.4 Å². The Bertz CT molecular complexity index is 286. The molecule has 0 atom stereocenters. The van der Waals surface area contributed by atoms with Crippen LogP contribution in [0.4, 0.5) is 0 Å². The van der Waals surface area contributed by atoms with Crippen LogP contribution in [0.3, 0.4) is 0 Å². The van der Waals surface area contributed by atoms with E-state index < -0.39 is 0 Å². The summed E-state index contributed by atoms with van der Waals surface area (Å²) >= 11 is 3.51. The summed E-state index contributed by atoms with van der Waals surface area (Å²) in [5, 5.41) is 4.23. The molecule has 1 aromatic rings. The minimum atomic E-state index is -0.176. The van der Waals surface area contributed by atoms with Gasteiger partial charge in [0.15, 0.2) is 0 Å². The molecule has 0 bridgehead atoms. The van der Waals surface area contributed by atoms with Gasteiger partial charge in [0.2, 0.25) is 0 Å². The van der Waals surface area contributed by atoms with E-state index in [1.165, 1.54) is 5.56 Å². The van der Waals surface area contributed by atoms with Gasteiger partial charge in [0, 0.05) is 17.6 Å². The lowest BCUT2D eigenvalue weighted by Crippen LogP contribution is -2.34. The molecular formula is C9H16BrN3. The molecule has 0 aromatic carbocycles. The highest BCUT2D eigenvalue weighted by Gasteiger charge is 2.16. The fraction of sp³-hybridized carbons (Fsp3) is 0.667. The van der Waals surface area contributed by atoms with Gasteiger partial charge < -0.3 is 5.73 Å². The molecule has 1 heterocycles. The summed E-state index contributed by atoms with van der Waals surface area (Å²) in [6.07, 6.45) is 2.72. The zero-order chi connectivity index (χ0) is 10.1. The Kier molecular flexibility index (Phi) is 3.14. The summed E-state index contributed by atoms with van der Waals surface area (Å²) in [5.74, 6) is 0. The first kappa shape index (κ1) is 10.7. The first-order valence-electron chi connectivity index (χ1n) is 4.43. The molecule has 1 aromatic heterocycles. The van der Waals surface area contributed by atoms with Crippen LogP contribution < -0.4 is 5.73 Å². The van der Waals surface area contributed by atoms with Gasteiger partial charge in [-0.2, -0.15) is 5.10 Å². The standard InChI is InChI=1S/C9H16BrN3/c1-4-13-8(10)7(6-12-13)5-9(2,3)11/h6H,4-5,11H2,1-3H3. The third-order valence-corrected chi connectivity index (χ3v) is 2.71. The average molecular weight is 246 g/mol. The fourth-order valence-electron chi connectivity index (χ4n) is 1.24. The predicted octanol–water partition coefficient (Wildman–Crippen LogP) is 1.95. The predicted molar refractivity (Wildman–Crippen MR) is 57.6 cm³/mol. The maximum absolute atomic E-state index is 5.93. The highest BCUT2D eigenvalue weighted by molar-refractivity contribution is 9.10. The van der Waals surface area contributed by atoms with Crippen molar-refractivity contribution in [2.45, 2.75) is 39.3 Å². The second-order valence-electron chi connectivity index (χ2n) is 3.94. The normalized spacial score (nSPS) is 12.1. The van der Waals surface area contributed by atoms with Crippen molar-refractivity contribution in [2.75, 3.05) is 0 Å². The maximum Gasteiger partial charge on any atom is 0.107 e. The molecule has 74 valence electrons. The minimum absolute atomic E-state index is 0.176. The Labute approximate surface area is 87.4 Å².